The second kappa shape index (κ2) is 8.78. The van der Waals surface area contributed by atoms with Gasteiger partial charge in [0.2, 0.25) is 0 Å². The summed E-state index contributed by atoms with van der Waals surface area (Å²) in [7, 11) is 1.90. The summed E-state index contributed by atoms with van der Waals surface area (Å²) in [6.45, 7) is 12.2. The Morgan fingerprint density at radius 3 is 2.52 bits per heavy atom. The standard InChI is InChI=1S/C20H31ClN6/c1-22-20(23-14-19-16-25-5-9-26(19)10-6-25)27-11-7-24(8-12-27)15-17-3-2-4-18(21)13-17/h2-4,13,19H,5-12,14-16H2,1H3,(H,22,23). The van der Waals surface area contributed by atoms with E-state index in [9.17, 15) is 0 Å². The van der Waals surface area contributed by atoms with Crippen molar-refractivity contribution >= 4 is 17.6 Å². The fraction of sp³-hybridized carbons (Fsp3) is 0.650. The van der Waals surface area contributed by atoms with Crippen molar-refractivity contribution in [2.24, 2.45) is 4.99 Å². The monoisotopic (exact) mass is 390 g/mol. The van der Waals surface area contributed by atoms with Gasteiger partial charge in [-0.1, -0.05) is 23.7 Å². The molecular formula is C20H31ClN6. The van der Waals surface area contributed by atoms with Gasteiger partial charge in [-0.15, -0.1) is 0 Å². The van der Waals surface area contributed by atoms with Crippen LogP contribution in [0.1, 0.15) is 5.56 Å². The lowest BCUT2D eigenvalue weighted by molar-refractivity contribution is 0.0151. The molecule has 1 atom stereocenters. The molecular weight excluding hydrogens is 360 g/mol. The Balaban J connectivity index is 1.24. The van der Waals surface area contributed by atoms with Gasteiger partial charge in [0.15, 0.2) is 5.96 Å². The molecule has 4 heterocycles. The Morgan fingerprint density at radius 1 is 1.11 bits per heavy atom. The zero-order valence-corrected chi connectivity index (χ0v) is 17.0. The molecule has 4 aliphatic rings. The maximum Gasteiger partial charge on any atom is 0.193 e. The molecule has 2 bridgehead atoms. The maximum atomic E-state index is 6.11. The third-order valence-corrected chi connectivity index (χ3v) is 6.30. The molecule has 6 nitrogen and oxygen atoms in total. The molecule has 1 aromatic rings. The van der Waals surface area contributed by atoms with Gasteiger partial charge in [-0.2, -0.15) is 0 Å². The summed E-state index contributed by atoms with van der Waals surface area (Å²) in [6.07, 6.45) is 0. The van der Waals surface area contributed by atoms with Crippen LogP contribution in [-0.2, 0) is 6.54 Å². The number of nitrogens with zero attached hydrogens (tertiary/aromatic N) is 5. The Labute approximate surface area is 167 Å². The van der Waals surface area contributed by atoms with Gasteiger partial charge in [0.25, 0.3) is 0 Å². The van der Waals surface area contributed by atoms with E-state index < -0.39 is 0 Å². The molecule has 7 heteroatoms. The van der Waals surface area contributed by atoms with E-state index in [1.54, 1.807) is 0 Å². The number of hydrogen-bond acceptors (Lipinski definition) is 4. The molecule has 1 unspecified atom stereocenters. The van der Waals surface area contributed by atoms with Crippen molar-refractivity contribution in [1.82, 2.24) is 24.9 Å². The van der Waals surface area contributed by atoms with E-state index in [4.69, 9.17) is 11.6 Å². The van der Waals surface area contributed by atoms with Crippen LogP contribution in [0.15, 0.2) is 29.3 Å². The predicted molar refractivity (Wildman–Crippen MR) is 111 cm³/mol. The highest BCUT2D eigenvalue weighted by Gasteiger charge is 2.32. The van der Waals surface area contributed by atoms with Crippen molar-refractivity contribution in [3.8, 4) is 0 Å². The lowest BCUT2D eigenvalue weighted by Gasteiger charge is -2.47. The van der Waals surface area contributed by atoms with E-state index in [0.717, 1.165) is 50.3 Å². The van der Waals surface area contributed by atoms with Crippen LogP contribution in [0.5, 0.6) is 0 Å². The van der Waals surface area contributed by atoms with Gasteiger partial charge < -0.3 is 10.2 Å². The van der Waals surface area contributed by atoms with Crippen LogP contribution in [0.25, 0.3) is 0 Å². The van der Waals surface area contributed by atoms with Gasteiger partial charge in [0.1, 0.15) is 0 Å². The fourth-order valence-corrected chi connectivity index (χ4v) is 4.68. The van der Waals surface area contributed by atoms with Crippen LogP contribution in [0.4, 0.5) is 0 Å². The Bertz CT molecular complexity index is 650. The summed E-state index contributed by atoms with van der Waals surface area (Å²) < 4.78 is 0. The summed E-state index contributed by atoms with van der Waals surface area (Å²) in [5, 5.41) is 4.46. The summed E-state index contributed by atoms with van der Waals surface area (Å²) in [6, 6.07) is 8.81. The number of hydrogen-bond donors (Lipinski definition) is 1. The second-order valence-corrected chi connectivity index (χ2v) is 8.25. The van der Waals surface area contributed by atoms with E-state index in [2.05, 4.69) is 42.0 Å². The minimum atomic E-state index is 0.619. The molecule has 4 aliphatic heterocycles. The first-order valence-electron chi connectivity index (χ1n) is 10.1. The number of fused-ring (bicyclic) bond motifs is 3. The van der Waals surface area contributed by atoms with E-state index >= 15 is 0 Å². The molecule has 0 amide bonds. The lowest BCUT2D eigenvalue weighted by atomic mass is 10.1. The number of nitrogens with one attached hydrogen (secondary N) is 1. The van der Waals surface area contributed by atoms with Crippen molar-refractivity contribution in [3.63, 3.8) is 0 Å². The molecule has 1 aromatic carbocycles. The molecule has 0 radical (unpaired) electrons. The first-order valence-corrected chi connectivity index (χ1v) is 10.5. The number of rotatable bonds is 4. The maximum absolute atomic E-state index is 6.11. The molecule has 148 valence electrons. The number of guanidine groups is 1. The number of aliphatic imine (C=N–C) groups is 1. The first kappa shape index (κ1) is 19.0. The Hall–Kier alpha value is -1.34. The second-order valence-electron chi connectivity index (χ2n) is 7.81. The molecule has 4 saturated heterocycles. The highest BCUT2D eigenvalue weighted by atomic mass is 35.5. The molecule has 0 saturated carbocycles. The topological polar surface area (TPSA) is 37.4 Å². The van der Waals surface area contributed by atoms with Crippen LogP contribution < -0.4 is 5.32 Å². The molecule has 0 aliphatic carbocycles. The SMILES string of the molecule is CN=C(NCC1CN2CCN1CC2)N1CCN(Cc2cccc(Cl)c2)CC1. The van der Waals surface area contributed by atoms with E-state index in [0.29, 0.717) is 6.04 Å². The molecule has 0 spiro atoms. The van der Waals surface area contributed by atoms with Crippen molar-refractivity contribution in [2.45, 2.75) is 12.6 Å². The van der Waals surface area contributed by atoms with E-state index in [1.807, 2.05) is 19.2 Å². The quantitative estimate of drug-likeness (QED) is 0.614. The average Bonchev–Trinajstić information content (AvgIpc) is 2.70. The van der Waals surface area contributed by atoms with Gasteiger partial charge in [-0.3, -0.25) is 19.7 Å². The van der Waals surface area contributed by atoms with Gasteiger partial charge in [-0.05, 0) is 17.7 Å². The van der Waals surface area contributed by atoms with E-state index in [1.165, 1.54) is 38.3 Å². The molecule has 0 aromatic heterocycles. The highest BCUT2D eigenvalue weighted by molar-refractivity contribution is 6.30. The summed E-state index contributed by atoms with van der Waals surface area (Å²) >= 11 is 6.11. The largest absolute Gasteiger partial charge is 0.355 e. The van der Waals surface area contributed by atoms with Crippen LogP contribution >= 0.6 is 11.6 Å². The van der Waals surface area contributed by atoms with Crippen LogP contribution in [0.3, 0.4) is 0 Å². The third-order valence-electron chi connectivity index (χ3n) is 6.07. The highest BCUT2D eigenvalue weighted by Crippen LogP contribution is 2.16. The molecule has 1 N–H and O–H groups in total. The van der Waals surface area contributed by atoms with Crippen molar-refractivity contribution < 1.29 is 0 Å². The van der Waals surface area contributed by atoms with Crippen molar-refractivity contribution in [2.75, 3.05) is 72.5 Å². The number of piperazine rings is 4. The molecule has 4 fully saturated rings. The van der Waals surface area contributed by atoms with Crippen LogP contribution in [0, 0.1) is 0 Å². The zero-order chi connectivity index (χ0) is 18.6. The van der Waals surface area contributed by atoms with E-state index in [-0.39, 0.29) is 0 Å². The van der Waals surface area contributed by atoms with Crippen molar-refractivity contribution in [3.05, 3.63) is 34.9 Å². The van der Waals surface area contributed by atoms with Crippen LogP contribution in [-0.4, -0.2) is 104 Å². The van der Waals surface area contributed by atoms with Gasteiger partial charge in [-0.25, -0.2) is 0 Å². The first-order chi connectivity index (χ1) is 13.2. The third kappa shape index (κ3) is 4.74. The molecule has 5 rings (SSSR count). The van der Waals surface area contributed by atoms with Crippen LogP contribution in [0.2, 0.25) is 5.02 Å². The fourth-order valence-electron chi connectivity index (χ4n) is 4.47. The average molecular weight is 391 g/mol. The minimum absolute atomic E-state index is 0.619. The summed E-state index contributed by atoms with van der Waals surface area (Å²) in [5.74, 6) is 1.05. The van der Waals surface area contributed by atoms with Crippen molar-refractivity contribution in [1.29, 1.82) is 0 Å². The number of halogens is 1. The normalized spacial score (nSPS) is 29.2. The number of benzene rings is 1. The molecule has 27 heavy (non-hydrogen) atoms. The Kier molecular flexibility index (Phi) is 6.18. The predicted octanol–water partition coefficient (Wildman–Crippen LogP) is 1.03. The van der Waals surface area contributed by atoms with Gasteiger partial charge in [0, 0.05) is 90.1 Å². The minimum Gasteiger partial charge on any atom is -0.355 e. The lowest BCUT2D eigenvalue weighted by Crippen LogP contribution is -2.64. The van der Waals surface area contributed by atoms with Gasteiger partial charge in [0.05, 0.1) is 0 Å². The Morgan fingerprint density at radius 2 is 1.89 bits per heavy atom. The van der Waals surface area contributed by atoms with Gasteiger partial charge >= 0.3 is 0 Å². The smallest absolute Gasteiger partial charge is 0.193 e. The summed E-state index contributed by atoms with van der Waals surface area (Å²) in [5.41, 5.74) is 1.29. The zero-order valence-electron chi connectivity index (χ0n) is 16.3. The summed E-state index contributed by atoms with van der Waals surface area (Å²) in [4.78, 5) is 14.6.